The smallest absolute Gasteiger partial charge is 0.303 e. The highest BCUT2D eigenvalue weighted by molar-refractivity contribution is 9.09. The molecule has 1 aliphatic rings. The summed E-state index contributed by atoms with van der Waals surface area (Å²) in [6.07, 6.45) is -3.63. The molecule has 0 aliphatic carbocycles. The lowest BCUT2D eigenvalue weighted by Crippen LogP contribution is -2.61. The maximum Gasteiger partial charge on any atom is 0.303 e. The zero-order valence-corrected chi connectivity index (χ0v) is 13.9. The van der Waals surface area contributed by atoms with Gasteiger partial charge in [0.2, 0.25) is 0 Å². The lowest BCUT2D eigenvalue weighted by molar-refractivity contribution is -0.239. The van der Waals surface area contributed by atoms with Crippen LogP contribution in [0, 0.1) is 0 Å². The molecule has 0 N–H and O–H groups in total. The van der Waals surface area contributed by atoms with Gasteiger partial charge in [0, 0.05) is 26.1 Å². The second-order valence-corrected chi connectivity index (χ2v) is 5.40. The van der Waals surface area contributed by atoms with Crippen molar-refractivity contribution >= 4 is 33.8 Å². The molecule has 120 valence electrons. The number of carbonyl (C=O) groups is 3. The van der Waals surface area contributed by atoms with E-state index in [2.05, 4.69) is 15.9 Å². The van der Waals surface area contributed by atoms with Crippen LogP contribution in [0.4, 0.5) is 0 Å². The van der Waals surface area contributed by atoms with E-state index in [9.17, 15) is 14.4 Å². The molecule has 0 bridgehead atoms. The summed E-state index contributed by atoms with van der Waals surface area (Å²) in [7, 11) is 0. The van der Waals surface area contributed by atoms with Crippen molar-refractivity contribution in [3.8, 4) is 0 Å². The first-order valence-electron chi connectivity index (χ1n) is 6.49. The molecule has 0 aromatic carbocycles. The predicted molar refractivity (Wildman–Crippen MR) is 74.8 cm³/mol. The van der Waals surface area contributed by atoms with E-state index in [1.54, 1.807) is 6.92 Å². The molecule has 3 unspecified atom stereocenters. The number of alkyl halides is 1. The minimum absolute atomic E-state index is 0.375. The summed E-state index contributed by atoms with van der Waals surface area (Å²) < 4.78 is 21.3. The van der Waals surface area contributed by atoms with Gasteiger partial charge in [0.15, 0.2) is 18.3 Å². The van der Waals surface area contributed by atoms with Crippen LogP contribution >= 0.6 is 15.9 Å². The van der Waals surface area contributed by atoms with Crippen LogP contribution in [0.25, 0.3) is 0 Å². The Bertz CT molecular complexity index is 411. The third-order valence-corrected chi connectivity index (χ3v) is 3.56. The van der Waals surface area contributed by atoms with Crippen molar-refractivity contribution in [3.63, 3.8) is 0 Å². The van der Waals surface area contributed by atoms with Crippen LogP contribution in [-0.2, 0) is 33.3 Å². The van der Waals surface area contributed by atoms with Crippen LogP contribution < -0.4 is 0 Å². The minimum atomic E-state index is -0.915. The number of carbonyl (C=O) groups excluding carboxylic acids is 3. The monoisotopic (exact) mass is 366 g/mol. The fourth-order valence-electron chi connectivity index (χ4n) is 2.24. The van der Waals surface area contributed by atoms with Gasteiger partial charge >= 0.3 is 17.9 Å². The maximum absolute atomic E-state index is 11.3. The summed E-state index contributed by atoms with van der Waals surface area (Å²) in [6.45, 7) is 5.42. The molecule has 1 heterocycles. The Morgan fingerprint density at radius 2 is 1.33 bits per heavy atom. The molecule has 5 atom stereocenters. The van der Waals surface area contributed by atoms with E-state index in [1.165, 1.54) is 20.8 Å². The van der Waals surface area contributed by atoms with Crippen LogP contribution in [0.1, 0.15) is 27.7 Å². The van der Waals surface area contributed by atoms with Gasteiger partial charge < -0.3 is 18.9 Å². The van der Waals surface area contributed by atoms with Crippen LogP contribution in [0.3, 0.4) is 0 Å². The molecule has 1 fully saturated rings. The van der Waals surface area contributed by atoms with Crippen molar-refractivity contribution < 1.29 is 33.3 Å². The number of halogens is 1. The molecule has 0 amide bonds. The van der Waals surface area contributed by atoms with E-state index in [-0.39, 0.29) is 0 Å². The normalized spacial score (nSPS) is 32.1. The Hall–Kier alpha value is -1.15. The molecular formula is C13H19BrO7. The van der Waals surface area contributed by atoms with Gasteiger partial charge in [-0.15, -0.1) is 0 Å². The van der Waals surface area contributed by atoms with Crippen molar-refractivity contribution in [2.24, 2.45) is 0 Å². The fourth-order valence-corrected chi connectivity index (χ4v) is 2.76. The van der Waals surface area contributed by atoms with Gasteiger partial charge in [0.1, 0.15) is 6.10 Å². The number of rotatable bonds is 4. The van der Waals surface area contributed by atoms with Gasteiger partial charge in [-0.2, -0.15) is 0 Å². The van der Waals surface area contributed by atoms with Gasteiger partial charge in [-0.05, 0) is 6.92 Å². The second kappa shape index (κ2) is 7.74. The summed E-state index contributed by atoms with van der Waals surface area (Å²) >= 11 is 3.27. The molecule has 0 saturated carbocycles. The van der Waals surface area contributed by atoms with Gasteiger partial charge in [0.25, 0.3) is 0 Å². The van der Waals surface area contributed by atoms with E-state index >= 15 is 0 Å². The van der Waals surface area contributed by atoms with Gasteiger partial charge in [-0.1, -0.05) is 15.9 Å². The predicted octanol–water partition coefficient (Wildman–Crippen LogP) is 0.964. The van der Waals surface area contributed by atoms with E-state index in [4.69, 9.17) is 18.9 Å². The molecule has 0 spiro atoms. The highest BCUT2D eigenvalue weighted by Gasteiger charge is 2.49. The first kappa shape index (κ1) is 17.9. The number of ether oxygens (including phenoxy) is 4. The van der Waals surface area contributed by atoms with Crippen molar-refractivity contribution in [2.45, 2.75) is 58.2 Å². The SMILES string of the molecule is CC(=O)OC1C(OC(C)=O)[C@@H](CBr)OC(C)[C@H]1OC(C)=O. The van der Waals surface area contributed by atoms with Gasteiger partial charge in [-0.3, -0.25) is 14.4 Å². The average Bonchev–Trinajstić information content (AvgIpc) is 2.35. The second-order valence-electron chi connectivity index (χ2n) is 4.76. The van der Waals surface area contributed by atoms with Gasteiger partial charge in [0.05, 0.1) is 6.10 Å². The van der Waals surface area contributed by atoms with E-state index in [0.717, 1.165) is 0 Å². The minimum Gasteiger partial charge on any atom is -0.456 e. The zero-order chi connectivity index (χ0) is 16.2. The first-order valence-corrected chi connectivity index (χ1v) is 7.61. The third-order valence-electron chi connectivity index (χ3n) is 2.92. The van der Waals surface area contributed by atoms with E-state index < -0.39 is 48.4 Å². The third kappa shape index (κ3) is 4.96. The molecule has 8 heteroatoms. The Morgan fingerprint density at radius 3 is 1.76 bits per heavy atom. The molecule has 1 aliphatic heterocycles. The molecule has 7 nitrogen and oxygen atoms in total. The molecule has 1 saturated heterocycles. The Kier molecular flexibility index (Phi) is 6.60. The van der Waals surface area contributed by atoms with E-state index in [1.807, 2.05) is 0 Å². The van der Waals surface area contributed by atoms with Gasteiger partial charge in [-0.25, -0.2) is 0 Å². The Labute approximate surface area is 131 Å². The molecule has 1 rings (SSSR count). The lowest BCUT2D eigenvalue weighted by Gasteiger charge is -2.43. The first-order chi connectivity index (χ1) is 9.76. The highest BCUT2D eigenvalue weighted by atomic mass is 79.9. The fraction of sp³-hybridized carbons (Fsp3) is 0.769. The molecule has 21 heavy (non-hydrogen) atoms. The van der Waals surface area contributed by atoms with Crippen molar-refractivity contribution in [3.05, 3.63) is 0 Å². The van der Waals surface area contributed by atoms with Crippen molar-refractivity contribution in [2.75, 3.05) is 5.33 Å². The van der Waals surface area contributed by atoms with Crippen LogP contribution in [0.15, 0.2) is 0 Å². The Balaban J connectivity index is 3.08. The van der Waals surface area contributed by atoms with Crippen LogP contribution in [-0.4, -0.2) is 53.8 Å². The Morgan fingerprint density at radius 1 is 0.905 bits per heavy atom. The van der Waals surface area contributed by atoms with Crippen molar-refractivity contribution in [1.29, 1.82) is 0 Å². The molecule has 0 aromatic heterocycles. The summed E-state index contributed by atoms with van der Waals surface area (Å²) in [5.41, 5.74) is 0. The largest absolute Gasteiger partial charge is 0.456 e. The van der Waals surface area contributed by atoms with Crippen LogP contribution in [0.5, 0.6) is 0 Å². The number of hydrogen-bond donors (Lipinski definition) is 0. The number of hydrogen-bond acceptors (Lipinski definition) is 7. The summed E-state index contributed by atoms with van der Waals surface area (Å²) in [5, 5.41) is 0.375. The summed E-state index contributed by atoms with van der Waals surface area (Å²) in [6, 6.07) is 0. The molecule has 0 radical (unpaired) electrons. The van der Waals surface area contributed by atoms with E-state index in [0.29, 0.717) is 5.33 Å². The zero-order valence-electron chi connectivity index (χ0n) is 12.3. The average molecular weight is 367 g/mol. The standard InChI is InChI=1S/C13H19BrO7/c1-6-11(19-7(2)15)13(21-9(4)17)12(20-8(3)16)10(5-14)18-6/h6,10-13H,5H2,1-4H3/t6?,10-,11-,12?,13?/m1/s1. The topological polar surface area (TPSA) is 88.1 Å². The van der Waals surface area contributed by atoms with Crippen molar-refractivity contribution in [1.82, 2.24) is 0 Å². The highest BCUT2D eigenvalue weighted by Crippen LogP contribution is 2.29. The van der Waals surface area contributed by atoms with Crippen LogP contribution in [0.2, 0.25) is 0 Å². The lowest BCUT2D eigenvalue weighted by atomic mass is 9.95. The number of esters is 3. The summed E-state index contributed by atoms with van der Waals surface area (Å²) in [5.74, 6) is -1.63. The molecular weight excluding hydrogens is 348 g/mol. The quantitative estimate of drug-likeness (QED) is 0.416. The molecule has 0 aromatic rings. The summed E-state index contributed by atoms with van der Waals surface area (Å²) in [4.78, 5) is 33.8. The maximum atomic E-state index is 11.3.